The number of rotatable bonds is 4. The summed E-state index contributed by atoms with van der Waals surface area (Å²) in [7, 11) is 1.46. The van der Waals surface area contributed by atoms with Crippen LogP contribution in [-0.2, 0) is 11.2 Å². The molecule has 9 heteroatoms. The van der Waals surface area contributed by atoms with Gasteiger partial charge in [0.1, 0.15) is 0 Å². The van der Waals surface area contributed by atoms with E-state index in [9.17, 15) is 4.79 Å². The summed E-state index contributed by atoms with van der Waals surface area (Å²) in [6.07, 6.45) is 2.14. The molecule has 0 bridgehead atoms. The minimum atomic E-state index is -0.185. The van der Waals surface area contributed by atoms with Crippen LogP contribution in [0.5, 0.6) is 6.01 Å². The van der Waals surface area contributed by atoms with E-state index in [1.165, 1.54) is 18.4 Å². The van der Waals surface area contributed by atoms with E-state index < -0.39 is 0 Å². The van der Waals surface area contributed by atoms with E-state index in [4.69, 9.17) is 4.74 Å². The van der Waals surface area contributed by atoms with Gasteiger partial charge in [-0.15, -0.1) is 16.4 Å². The number of anilines is 1. The highest BCUT2D eigenvalue weighted by Crippen LogP contribution is 2.17. The lowest BCUT2D eigenvalue weighted by Gasteiger charge is -2.00. The van der Waals surface area contributed by atoms with Crippen molar-refractivity contribution in [3.05, 3.63) is 23.0 Å². The molecule has 1 amide bonds. The molecule has 0 radical (unpaired) electrons. The van der Waals surface area contributed by atoms with Gasteiger partial charge in [0, 0.05) is 17.3 Å². The predicted molar refractivity (Wildman–Crippen MR) is 73.1 cm³/mol. The normalized spacial score (nSPS) is 10.9. The molecule has 3 rings (SSSR count). The number of nitrogens with one attached hydrogen (secondary N) is 2. The smallest absolute Gasteiger partial charge is 0.336 e. The molecule has 0 unspecified atom stereocenters. The number of carbonyl (C=O) groups excluding carboxylic acids is 1. The van der Waals surface area contributed by atoms with Gasteiger partial charge in [0.2, 0.25) is 11.9 Å². The second kappa shape index (κ2) is 4.93. The first-order chi connectivity index (χ1) is 9.65. The number of fused-ring (bicyclic) bond motifs is 1. The SMILES string of the molecule is COc1n[nH]c(NC(=O)Cc2csc3nc(C)cn23)n1. The Hall–Kier alpha value is -2.42. The highest BCUT2D eigenvalue weighted by Gasteiger charge is 2.12. The van der Waals surface area contributed by atoms with Gasteiger partial charge in [-0.3, -0.25) is 14.5 Å². The minimum absolute atomic E-state index is 0.184. The van der Waals surface area contributed by atoms with Crippen molar-refractivity contribution in [2.75, 3.05) is 12.4 Å². The molecule has 0 aliphatic rings. The molecular weight excluding hydrogens is 280 g/mol. The maximum absolute atomic E-state index is 12.0. The average Bonchev–Trinajstić information content (AvgIpc) is 3.07. The first kappa shape index (κ1) is 12.6. The Balaban J connectivity index is 1.72. The molecule has 104 valence electrons. The molecule has 0 fully saturated rings. The van der Waals surface area contributed by atoms with Crippen LogP contribution in [0.25, 0.3) is 4.96 Å². The van der Waals surface area contributed by atoms with Gasteiger partial charge in [0.05, 0.1) is 19.2 Å². The molecular formula is C11H12N6O2S. The summed E-state index contributed by atoms with van der Waals surface area (Å²) in [6, 6.07) is 0.184. The third-order valence-corrected chi connectivity index (χ3v) is 3.54. The number of thiazole rings is 1. The third-order valence-electron chi connectivity index (χ3n) is 2.65. The van der Waals surface area contributed by atoms with Crippen molar-refractivity contribution < 1.29 is 9.53 Å². The first-order valence-corrected chi connectivity index (χ1v) is 6.72. The van der Waals surface area contributed by atoms with Crippen LogP contribution in [-0.4, -0.2) is 37.6 Å². The Morgan fingerprint density at radius 2 is 2.40 bits per heavy atom. The van der Waals surface area contributed by atoms with Crippen molar-refractivity contribution in [2.24, 2.45) is 0 Å². The third kappa shape index (κ3) is 2.35. The molecule has 0 saturated carbocycles. The van der Waals surface area contributed by atoms with Crippen LogP contribution >= 0.6 is 11.3 Å². The fourth-order valence-electron chi connectivity index (χ4n) is 1.80. The number of hydrogen-bond donors (Lipinski definition) is 2. The van der Waals surface area contributed by atoms with Crippen molar-refractivity contribution in [1.29, 1.82) is 0 Å². The van der Waals surface area contributed by atoms with E-state index in [-0.39, 0.29) is 24.3 Å². The number of carbonyl (C=O) groups is 1. The van der Waals surface area contributed by atoms with Gasteiger partial charge in [-0.25, -0.2) is 10.1 Å². The number of aromatic nitrogens is 5. The summed E-state index contributed by atoms with van der Waals surface area (Å²) in [5, 5.41) is 10.9. The predicted octanol–water partition coefficient (Wildman–Crippen LogP) is 1.01. The zero-order chi connectivity index (χ0) is 14.1. The van der Waals surface area contributed by atoms with Gasteiger partial charge in [-0.2, -0.15) is 4.98 Å². The van der Waals surface area contributed by atoms with Gasteiger partial charge >= 0.3 is 6.01 Å². The average molecular weight is 292 g/mol. The maximum atomic E-state index is 12.0. The number of methoxy groups -OCH3 is 1. The molecule has 2 N–H and O–H groups in total. The summed E-state index contributed by atoms with van der Waals surface area (Å²) < 4.78 is 6.74. The largest absolute Gasteiger partial charge is 0.466 e. The lowest BCUT2D eigenvalue weighted by molar-refractivity contribution is -0.115. The zero-order valence-electron chi connectivity index (χ0n) is 10.9. The van der Waals surface area contributed by atoms with Crippen molar-refractivity contribution in [3.8, 4) is 6.01 Å². The van der Waals surface area contributed by atoms with Crippen LogP contribution in [0, 0.1) is 6.92 Å². The van der Waals surface area contributed by atoms with Crippen LogP contribution in [0.1, 0.15) is 11.4 Å². The van der Waals surface area contributed by atoms with E-state index in [0.717, 1.165) is 16.3 Å². The highest BCUT2D eigenvalue weighted by molar-refractivity contribution is 7.15. The van der Waals surface area contributed by atoms with Crippen LogP contribution in [0.4, 0.5) is 5.95 Å². The Labute approximate surface area is 117 Å². The number of nitrogens with zero attached hydrogens (tertiary/aromatic N) is 4. The van der Waals surface area contributed by atoms with Crippen molar-refractivity contribution >= 4 is 28.2 Å². The van der Waals surface area contributed by atoms with Gasteiger partial charge < -0.3 is 4.74 Å². The Morgan fingerprint density at radius 3 is 3.15 bits per heavy atom. The summed E-state index contributed by atoms with van der Waals surface area (Å²) in [6.45, 7) is 1.92. The van der Waals surface area contributed by atoms with Crippen LogP contribution in [0.15, 0.2) is 11.6 Å². The number of aryl methyl sites for hydroxylation is 1. The van der Waals surface area contributed by atoms with Gasteiger partial charge in [0.25, 0.3) is 0 Å². The first-order valence-electron chi connectivity index (χ1n) is 5.84. The van der Waals surface area contributed by atoms with E-state index in [2.05, 4.69) is 25.5 Å². The molecule has 0 spiro atoms. The quantitative estimate of drug-likeness (QED) is 0.748. The summed E-state index contributed by atoms with van der Waals surface area (Å²) in [5.41, 5.74) is 1.81. The Kier molecular flexibility index (Phi) is 3.11. The molecule has 0 aliphatic heterocycles. The van der Waals surface area contributed by atoms with E-state index in [0.29, 0.717) is 0 Å². The van der Waals surface area contributed by atoms with Gasteiger partial charge in [0.15, 0.2) is 4.96 Å². The second-order valence-electron chi connectivity index (χ2n) is 4.16. The van der Waals surface area contributed by atoms with Crippen molar-refractivity contribution in [1.82, 2.24) is 24.6 Å². The molecule has 0 aliphatic carbocycles. The number of H-pyrrole nitrogens is 1. The lowest BCUT2D eigenvalue weighted by Crippen LogP contribution is -2.16. The highest BCUT2D eigenvalue weighted by atomic mass is 32.1. The summed E-state index contributed by atoms with van der Waals surface area (Å²) >= 11 is 1.51. The van der Waals surface area contributed by atoms with Gasteiger partial charge in [-0.05, 0) is 6.92 Å². The molecule has 3 heterocycles. The minimum Gasteiger partial charge on any atom is -0.466 e. The summed E-state index contributed by atoms with van der Waals surface area (Å²) in [4.78, 5) is 21.1. The van der Waals surface area contributed by atoms with Crippen LogP contribution in [0.3, 0.4) is 0 Å². The molecule has 0 aromatic carbocycles. The molecule has 3 aromatic heterocycles. The van der Waals surface area contributed by atoms with E-state index >= 15 is 0 Å². The van der Waals surface area contributed by atoms with Crippen LogP contribution < -0.4 is 10.1 Å². The molecule has 8 nitrogen and oxygen atoms in total. The molecule has 0 atom stereocenters. The summed E-state index contributed by atoms with van der Waals surface area (Å²) in [5.74, 6) is 0.0787. The maximum Gasteiger partial charge on any atom is 0.336 e. The van der Waals surface area contributed by atoms with Crippen molar-refractivity contribution in [2.45, 2.75) is 13.3 Å². The number of amides is 1. The number of imidazole rings is 1. The zero-order valence-corrected chi connectivity index (χ0v) is 11.7. The van der Waals surface area contributed by atoms with Crippen molar-refractivity contribution in [3.63, 3.8) is 0 Å². The number of ether oxygens (including phenoxy) is 1. The molecule has 3 aromatic rings. The fourth-order valence-corrected chi connectivity index (χ4v) is 2.72. The monoisotopic (exact) mass is 292 g/mol. The van der Waals surface area contributed by atoms with E-state index in [1.807, 2.05) is 22.9 Å². The number of hydrogen-bond acceptors (Lipinski definition) is 6. The lowest BCUT2D eigenvalue weighted by atomic mass is 10.3. The topological polar surface area (TPSA) is 97.2 Å². The Bertz CT molecular complexity index is 758. The molecule has 20 heavy (non-hydrogen) atoms. The number of aromatic amines is 1. The Morgan fingerprint density at radius 1 is 1.55 bits per heavy atom. The standard InChI is InChI=1S/C11H12N6O2S/c1-6-4-17-7(5-20-11(17)12-6)3-8(18)13-9-14-10(19-2)16-15-9/h4-5H,3H2,1-2H3,(H2,13,14,15,16,18). The van der Waals surface area contributed by atoms with Crippen LogP contribution in [0.2, 0.25) is 0 Å². The van der Waals surface area contributed by atoms with Gasteiger partial charge in [-0.1, -0.05) is 0 Å². The van der Waals surface area contributed by atoms with E-state index in [1.54, 1.807) is 0 Å². The molecule has 0 saturated heterocycles. The second-order valence-corrected chi connectivity index (χ2v) is 4.99. The fraction of sp³-hybridized carbons (Fsp3) is 0.273.